The van der Waals surface area contributed by atoms with E-state index in [1.807, 2.05) is 18.2 Å². The molecular formula is C24H26N2. The van der Waals surface area contributed by atoms with E-state index < -0.39 is 0 Å². The summed E-state index contributed by atoms with van der Waals surface area (Å²) in [6, 6.07) is 27.4. The number of hydrogen-bond donors (Lipinski definition) is 2. The van der Waals surface area contributed by atoms with Crippen molar-refractivity contribution in [3.63, 3.8) is 0 Å². The van der Waals surface area contributed by atoms with E-state index in [9.17, 15) is 0 Å². The minimum Gasteiger partial charge on any atom is -0.399 e. The highest BCUT2D eigenvalue weighted by molar-refractivity contribution is 5.40. The summed E-state index contributed by atoms with van der Waals surface area (Å²) in [6.07, 6.45) is 2.77. The van der Waals surface area contributed by atoms with Crippen LogP contribution in [0.4, 0.5) is 5.69 Å². The zero-order valence-electron chi connectivity index (χ0n) is 15.1. The zero-order chi connectivity index (χ0) is 18.2. The van der Waals surface area contributed by atoms with Crippen molar-refractivity contribution in [3.8, 4) is 0 Å². The van der Waals surface area contributed by atoms with Crippen LogP contribution in [0, 0.1) is 0 Å². The van der Waals surface area contributed by atoms with Crippen molar-refractivity contribution in [3.05, 3.63) is 113 Å². The van der Waals surface area contributed by atoms with E-state index in [-0.39, 0.29) is 0 Å². The van der Waals surface area contributed by atoms with Crippen molar-refractivity contribution in [1.82, 2.24) is 5.32 Å². The lowest BCUT2D eigenvalue weighted by Crippen LogP contribution is -2.17. The van der Waals surface area contributed by atoms with Gasteiger partial charge in [0, 0.05) is 24.4 Å². The molecule has 0 atom stereocenters. The molecular weight excluding hydrogens is 316 g/mol. The molecule has 0 saturated carbocycles. The van der Waals surface area contributed by atoms with Crippen LogP contribution < -0.4 is 11.1 Å². The number of hydrogen-bond acceptors (Lipinski definition) is 2. The fourth-order valence-corrected chi connectivity index (χ4v) is 3.05. The number of nitrogens with two attached hydrogens (primary N) is 1. The number of allylic oxidation sites excluding steroid dienone is 1. The highest BCUT2D eigenvalue weighted by Gasteiger charge is 2.00. The van der Waals surface area contributed by atoms with Crippen LogP contribution >= 0.6 is 0 Å². The topological polar surface area (TPSA) is 38.0 Å². The predicted molar refractivity (Wildman–Crippen MR) is 111 cm³/mol. The molecule has 3 aromatic carbocycles. The molecule has 0 aliphatic rings. The highest BCUT2D eigenvalue weighted by Crippen LogP contribution is 2.12. The first-order chi connectivity index (χ1) is 12.7. The van der Waals surface area contributed by atoms with Crippen molar-refractivity contribution in [2.24, 2.45) is 0 Å². The molecule has 3 N–H and O–H groups in total. The summed E-state index contributed by atoms with van der Waals surface area (Å²) in [6.45, 7) is 5.02. The molecule has 3 rings (SSSR count). The molecule has 0 heterocycles. The van der Waals surface area contributed by atoms with Gasteiger partial charge in [-0.25, -0.2) is 0 Å². The predicted octanol–water partition coefficient (Wildman–Crippen LogP) is 4.75. The van der Waals surface area contributed by atoms with Crippen LogP contribution in [0.25, 0.3) is 0 Å². The van der Waals surface area contributed by atoms with Gasteiger partial charge >= 0.3 is 0 Å². The van der Waals surface area contributed by atoms with Gasteiger partial charge in [-0.05, 0) is 47.2 Å². The quantitative estimate of drug-likeness (QED) is 0.580. The van der Waals surface area contributed by atoms with Gasteiger partial charge in [0.15, 0.2) is 0 Å². The van der Waals surface area contributed by atoms with Crippen molar-refractivity contribution in [2.45, 2.75) is 19.3 Å². The van der Waals surface area contributed by atoms with Crippen molar-refractivity contribution in [1.29, 1.82) is 0 Å². The maximum atomic E-state index is 5.82. The largest absolute Gasteiger partial charge is 0.399 e. The molecule has 0 radical (unpaired) electrons. The first kappa shape index (κ1) is 17.8. The maximum Gasteiger partial charge on any atom is 0.0316 e. The summed E-state index contributed by atoms with van der Waals surface area (Å²) in [5.41, 5.74) is 12.9. The molecule has 2 nitrogen and oxygen atoms in total. The Morgan fingerprint density at radius 3 is 2.15 bits per heavy atom. The Morgan fingerprint density at radius 2 is 1.42 bits per heavy atom. The second-order valence-corrected chi connectivity index (χ2v) is 6.68. The van der Waals surface area contributed by atoms with Crippen LogP contribution in [-0.2, 0) is 19.3 Å². The minimum absolute atomic E-state index is 0.817. The van der Waals surface area contributed by atoms with Gasteiger partial charge < -0.3 is 11.1 Å². The molecule has 26 heavy (non-hydrogen) atoms. The smallest absolute Gasteiger partial charge is 0.0316 e. The van der Waals surface area contributed by atoms with Gasteiger partial charge in [0.05, 0.1) is 0 Å². The van der Waals surface area contributed by atoms with E-state index in [1.54, 1.807) is 0 Å². The molecule has 0 unspecified atom stereocenters. The number of nitrogen functional groups attached to an aromatic ring is 1. The fourth-order valence-electron chi connectivity index (χ4n) is 3.05. The van der Waals surface area contributed by atoms with Gasteiger partial charge in [-0.3, -0.25) is 0 Å². The minimum atomic E-state index is 0.817. The fraction of sp³-hybridized carbons (Fsp3) is 0.167. The lowest BCUT2D eigenvalue weighted by molar-refractivity contribution is 0.768. The Balaban J connectivity index is 1.45. The lowest BCUT2D eigenvalue weighted by Gasteiger charge is -2.11. The average Bonchev–Trinajstić information content (AvgIpc) is 2.64. The molecule has 0 aliphatic heterocycles. The Bertz CT molecular complexity index is 836. The van der Waals surface area contributed by atoms with Gasteiger partial charge in [-0.2, -0.15) is 0 Å². The van der Waals surface area contributed by atoms with E-state index in [1.165, 1.54) is 22.3 Å². The van der Waals surface area contributed by atoms with E-state index >= 15 is 0 Å². The van der Waals surface area contributed by atoms with E-state index in [4.69, 9.17) is 5.73 Å². The molecule has 132 valence electrons. The molecule has 0 aromatic heterocycles. The summed E-state index contributed by atoms with van der Waals surface area (Å²) in [7, 11) is 0. The Labute approximate surface area is 156 Å². The number of rotatable bonds is 8. The second kappa shape index (κ2) is 8.91. The maximum absolute atomic E-state index is 5.82. The Morgan fingerprint density at radius 1 is 0.769 bits per heavy atom. The number of nitrogens with one attached hydrogen (secondary N) is 1. The molecule has 0 spiro atoms. The molecule has 0 fully saturated rings. The molecule has 0 aliphatic carbocycles. The van der Waals surface area contributed by atoms with Crippen LogP contribution in [0.2, 0.25) is 0 Å². The molecule has 0 saturated heterocycles. The molecule has 3 aromatic rings. The monoisotopic (exact) mass is 342 g/mol. The first-order valence-electron chi connectivity index (χ1n) is 9.07. The van der Waals surface area contributed by atoms with Crippen LogP contribution in [0.5, 0.6) is 0 Å². The van der Waals surface area contributed by atoms with Crippen LogP contribution in [0.15, 0.2) is 91.1 Å². The van der Waals surface area contributed by atoms with Crippen molar-refractivity contribution >= 4 is 5.69 Å². The van der Waals surface area contributed by atoms with Gasteiger partial charge in [-0.15, -0.1) is 0 Å². The van der Waals surface area contributed by atoms with Gasteiger partial charge in [0.25, 0.3) is 0 Å². The second-order valence-electron chi connectivity index (χ2n) is 6.68. The van der Waals surface area contributed by atoms with Gasteiger partial charge in [-0.1, -0.05) is 73.3 Å². The highest BCUT2D eigenvalue weighted by atomic mass is 14.9. The van der Waals surface area contributed by atoms with Crippen molar-refractivity contribution in [2.75, 3.05) is 12.3 Å². The summed E-state index contributed by atoms with van der Waals surface area (Å²) >= 11 is 0. The van der Waals surface area contributed by atoms with Gasteiger partial charge in [0.1, 0.15) is 0 Å². The van der Waals surface area contributed by atoms with Crippen molar-refractivity contribution < 1.29 is 0 Å². The third-order valence-electron chi connectivity index (χ3n) is 4.43. The first-order valence-corrected chi connectivity index (χ1v) is 9.07. The molecule has 2 heteroatoms. The number of anilines is 1. The van der Waals surface area contributed by atoms with E-state index in [0.717, 1.165) is 37.2 Å². The third-order valence-corrected chi connectivity index (χ3v) is 4.43. The van der Waals surface area contributed by atoms with Crippen LogP contribution in [0.1, 0.15) is 22.3 Å². The normalized spacial score (nSPS) is 10.5. The SMILES string of the molecule is C=C(Cc1ccc(Cc2ccccc2)cc1)NCCc1cccc(N)c1. The molecule has 0 bridgehead atoms. The van der Waals surface area contributed by atoms with Gasteiger partial charge in [0.2, 0.25) is 0 Å². The summed E-state index contributed by atoms with van der Waals surface area (Å²) in [5, 5.41) is 3.42. The Hall–Kier alpha value is -3.00. The molecule has 0 amide bonds. The summed E-state index contributed by atoms with van der Waals surface area (Å²) < 4.78 is 0. The van der Waals surface area contributed by atoms with E-state index in [0.29, 0.717) is 0 Å². The summed E-state index contributed by atoms with van der Waals surface area (Å²) in [4.78, 5) is 0. The van der Waals surface area contributed by atoms with Crippen LogP contribution in [0.3, 0.4) is 0 Å². The van der Waals surface area contributed by atoms with Crippen LogP contribution in [-0.4, -0.2) is 6.54 Å². The summed E-state index contributed by atoms with van der Waals surface area (Å²) in [5.74, 6) is 0. The standard InChI is InChI=1S/C24H26N2/c1-19(26-15-14-21-8-5-9-24(25)18-21)16-22-10-12-23(13-11-22)17-20-6-3-2-4-7-20/h2-13,18,26H,1,14-17,25H2. The Kier molecular flexibility index (Phi) is 6.10. The number of benzene rings is 3. The van der Waals surface area contributed by atoms with E-state index in [2.05, 4.69) is 72.6 Å². The zero-order valence-corrected chi connectivity index (χ0v) is 15.1. The lowest BCUT2D eigenvalue weighted by atomic mass is 10.0. The third kappa shape index (κ3) is 5.52. The average molecular weight is 342 g/mol.